The van der Waals surface area contributed by atoms with Crippen LogP contribution in [-0.2, 0) is 0 Å². The predicted molar refractivity (Wildman–Crippen MR) is 100 cm³/mol. The lowest BCUT2D eigenvalue weighted by Gasteiger charge is -2.25. The van der Waals surface area contributed by atoms with Gasteiger partial charge in [0.2, 0.25) is 0 Å². The van der Waals surface area contributed by atoms with Crippen molar-refractivity contribution in [3.8, 4) is 0 Å². The third-order valence-electron chi connectivity index (χ3n) is 4.38. The van der Waals surface area contributed by atoms with E-state index in [2.05, 4.69) is 46.9 Å². The van der Waals surface area contributed by atoms with Gasteiger partial charge in [-0.05, 0) is 25.0 Å². The van der Waals surface area contributed by atoms with Gasteiger partial charge in [-0.25, -0.2) is 9.97 Å². The minimum Gasteiger partial charge on any atom is -0.356 e. The van der Waals surface area contributed by atoms with Crippen LogP contribution >= 0.6 is 0 Å². The molecule has 0 bridgehead atoms. The summed E-state index contributed by atoms with van der Waals surface area (Å²) >= 11 is 0. The van der Waals surface area contributed by atoms with Crippen molar-refractivity contribution in [2.75, 3.05) is 18.0 Å². The Bertz CT molecular complexity index is 550. The molecule has 3 nitrogen and oxygen atoms in total. The molecule has 0 spiro atoms. The second-order valence-electron chi connectivity index (χ2n) is 6.32. The van der Waals surface area contributed by atoms with Crippen LogP contribution in [0.3, 0.4) is 0 Å². The van der Waals surface area contributed by atoms with Gasteiger partial charge in [-0.15, -0.1) is 0 Å². The van der Waals surface area contributed by atoms with E-state index in [0.717, 1.165) is 24.4 Å². The second-order valence-corrected chi connectivity index (χ2v) is 6.32. The first-order chi connectivity index (χ1) is 11.4. The Labute approximate surface area is 141 Å². The molecule has 0 saturated carbocycles. The first kappa shape index (κ1) is 17.7. The number of unbranched alkanes of at least 4 members (excludes halogenated alkanes) is 6. The largest absolute Gasteiger partial charge is 0.356 e. The highest BCUT2D eigenvalue weighted by molar-refractivity contribution is 5.89. The summed E-state index contributed by atoms with van der Waals surface area (Å²) in [7, 11) is 0. The zero-order chi connectivity index (χ0) is 16.3. The Hall–Kier alpha value is -1.64. The van der Waals surface area contributed by atoms with E-state index in [0.29, 0.717) is 0 Å². The van der Waals surface area contributed by atoms with Crippen molar-refractivity contribution in [1.82, 2.24) is 9.97 Å². The maximum absolute atomic E-state index is 4.62. The van der Waals surface area contributed by atoms with Crippen LogP contribution in [0.1, 0.15) is 65.2 Å². The molecule has 2 rings (SSSR count). The van der Waals surface area contributed by atoms with E-state index < -0.39 is 0 Å². The van der Waals surface area contributed by atoms with Crippen molar-refractivity contribution >= 4 is 16.7 Å². The van der Waals surface area contributed by atoms with Crippen LogP contribution in [0, 0.1) is 0 Å². The smallest absolute Gasteiger partial charge is 0.139 e. The Morgan fingerprint density at radius 3 is 2.09 bits per heavy atom. The average Bonchev–Trinajstić information content (AvgIpc) is 2.60. The minimum absolute atomic E-state index is 1.05. The SMILES string of the molecule is CCCCCCN(CCCCCC)c1ncnc2ccccc12. The van der Waals surface area contributed by atoms with Gasteiger partial charge in [0.25, 0.3) is 0 Å². The Morgan fingerprint density at radius 1 is 0.783 bits per heavy atom. The van der Waals surface area contributed by atoms with Gasteiger partial charge in [0.05, 0.1) is 5.52 Å². The molecule has 23 heavy (non-hydrogen) atoms. The molecule has 2 aromatic rings. The van der Waals surface area contributed by atoms with Gasteiger partial charge in [-0.3, -0.25) is 0 Å². The normalized spacial score (nSPS) is 11.0. The Balaban J connectivity index is 2.09. The van der Waals surface area contributed by atoms with E-state index in [9.17, 15) is 0 Å². The fourth-order valence-electron chi connectivity index (χ4n) is 3.03. The molecule has 0 fully saturated rings. The lowest BCUT2D eigenvalue weighted by molar-refractivity contribution is 0.606. The van der Waals surface area contributed by atoms with Crippen molar-refractivity contribution in [3.63, 3.8) is 0 Å². The van der Waals surface area contributed by atoms with Gasteiger partial charge in [-0.1, -0.05) is 64.5 Å². The molecular formula is C20H31N3. The molecule has 1 heterocycles. The molecule has 0 N–H and O–H groups in total. The number of rotatable bonds is 11. The number of aromatic nitrogens is 2. The lowest BCUT2D eigenvalue weighted by Crippen LogP contribution is -2.27. The van der Waals surface area contributed by atoms with Crippen molar-refractivity contribution in [2.24, 2.45) is 0 Å². The molecule has 1 aromatic heterocycles. The summed E-state index contributed by atoms with van der Waals surface area (Å²) < 4.78 is 0. The first-order valence-corrected chi connectivity index (χ1v) is 9.31. The molecule has 0 radical (unpaired) electrons. The minimum atomic E-state index is 1.05. The topological polar surface area (TPSA) is 29.0 Å². The van der Waals surface area contributed by atoms with E-state index in [1.54, 1.807) is 6.33 Å². The van der Waals surface area contributed by atoms with Crippen molar-refractivity contribution in [3.05, 3.63) is 30.6 Å². The maximum Gasteiger partial charge on any atom is 0.139 e. The van der Waals surface area contributed by atoms with Gasteiger partial charge >= 0.3 is 0 Å². The fraction of sp³-hybridized carbons (Fsp3) is 0.600. The highest BCUT2D eigenvalue weighted by Crippen LogP contribution is 2.23. The number of fused-ring (bicyclic) bond motifs is 1. The summed E-state index contributed by atoms with van der Waals surface area (Å²) in [5.41, 5.74) is 1.05. The van der Waals surface area contributed by atoms with E-state index in [-0.39, 0.29) is 0 Å². The molecule has 1 aromatic carbocycles. The van der Waals surface area contributed by atoms with Crippen LogP contribution in [-0.4, -0.2) is 23.1 Å². The zero-order valence-electron chi connectivity index (χ0n) is 14.8. The third-order valence-corrected chi connectivity index (χ3v) is 4.38. The van der Waals surface area contributed by atoms with Crippen LogP contribution in [0.25, 0.3) is 10.9 Å². The number of nitrogens with zero attached hydrogens (tertiary/aromatic N) is 3. The highest BCUT2D eigenvalue weighted by Gasteiger charge is 2.11. The number of hydrogen-bond donors (Lipinski definition) is 0. The second kappa shape index (κ2) is 10.2. The number of hydrogen-bond acceptors (Lipinski definition) is 3. The molecule has 0 aliphatic heterocycles. The van der Waals surface area contributed by atoms with Gasteiger partial charge in [-0.2, -0.15) is 0 Å². The van der Waals surface area contributed by atoms with Crippen molar-refractivity contribution in [2.45, 2.75) is 65.2 Å². The van der Waals surface area contributed by atoms with Gasteiger partial charge in [0, 0.05) is 18.5 Å². The fourth-order valence-corrected chi connectivity index (χ4v) is 3.03. The average molecular weight is 313 g/mol. The highest BCUT2D eigenvalue weighted by atomic mass is 15.2. The van der Waals surface area contributed by atoms with Crippen LogP contribution in [0.2, 0.25) is 0 Å². The molecular weight excluding hydrogens is 282 g/mol. The molecule has 0 atom stereocenters. The zero-order valence-corrected chi connectivity index (χ0v) is 14.8. The van der Waals surface area contributed by atoms with E-state index in [1.807, 2.05) is 6.07 Å². The molecule has 3 heteroatoms. The van der Waals surface area contributed by atoms with Crippen LogP contribution in [0.15, 0.2) is 30.6 Å². The van der Waals surface area contributed by atoms with Crippen molar-refractivity contribution < 1.29 is 0 Å². The monoisotopic (exact) mass is 313 g/mol. The molecule has 0 amide bonds. The summed E-state index contributed by atoms with van der Waals surface area (Å²) in [5, 5.41) is 1.18. The summed E-state index contributed by atoms with van der Waals surface area (Å²) in [6.07, 6.45) is 12.1. The summed E-state index contributed by atoms with van der Waals surface area (Å²) in [5.74, 6) is 1.11. The van der Waals surface area contributed by atoms with E-state index >= 15 is 0 Å². The quantitative estimate of drug-likeness (QED) is 0.506. The number of para-hydroxylation sites is 1. The maximum atomic E-state index is 4.62. The van der Waals surface area contributed by atoms with Gasteiger partial charge < -0.3 is 4.90 Å². The molecule has 0 aliphatic carbocycles. The number of anilines is 1. The summed E-state index contributed by atoms with van der Waals surface area (Å²) in [6.45, 7) is 6.74. The summed E-state index contributed by atoms with van der Waals surface area (Å²) in [4.78, 5) is 11.5. The summed E-state index contributed by atoms with van der Waals surface area (Å²) in [6, 6.07) is 8.36. The van der Waals surface area contributed by atoms with Crippen LogP contribution in [0.4, 0.5) is 5.82 Å². The first-order valence-electron chi connectivity index (χ1n) is 9.31. The third kappa shape index (κ3) is 5.49. The van der Waals surface area contributed by atoms with Crippen LogP contribution < -0.4 is 4.90 Å². The van der Waals surface area contributed by atoms with Gasteiger partial charge in [0.1, 0.15) is 12.1 Å². The molecule has 126 valence electrons. The lowest BCUT2D eigenvalue weighted by atomic mass is 10.1. The van der Waals surface area contributed by atoms with Crippen LogP contribution in [0.5, 0.6) is 0 Å². The Morgan fingerprint density at radius 2 is 1.43 bits per heavy atom. The molecule has 0 saturated heterocycles. The molecule has 0 unspecified atom stereocenters. The van der Waals surface area contributed by atoms with E-state index in [4.69, 9.17) is 0 Å². The standard InChI is InChI=1S/C20H31N3/c1-3-5-7-11-15-23(16-12-8-6-4-2)20-18-13-9-10-14-19(18)21-17-22-20/h9-10,13-14,17H,3-8,11-12,15-16H2,1-2H3. The predicted octanol–water partition coefficient (Wildman–Crippen LogP) is 5.60. The van der Waals surface area contributed by atoms with Crippen molar-refractivity contribution in [1.29, 1.82) is 0 Å². The van der Waals surface area contributed by atoms with Gasteiger partial charge in [0.15, 0.2) is 0 Å². The number of benzene rings is 1. The molecule has 0 aliphatic rings. The Kier molecular flexibility index (Phi) is 7.85. The van der Waals surface area contributed by atoms with E-state index in [1.165, 1.54) is 56.8 Å².